The van der Waals surface area contributed by atoms with Crippen LogP contribution in [0.5, 0.6) is 0 Å². The molecule has 0 bridgehead atoms. The summed E-state index contributed by atoms with van der Waals surface area (Å²) < 4.78 is 1.06. The molecule has 1 heterocycles. The van der Waals surface area contributed by atoms with Crippen LogP contribution in [-0.2, 0) is 0 Å². The largest absolute Gasteiger partial charge is 0.389 e. The van der Waals surface area contributed by atoms with Crippen molar-refractivity contribution in [1.29, 1.82) is 0 Å². The Hall–Kier alpha value is -0.650. The van der Waals surface area contributed by atoms with E-state index >= 15 is 0 Å². The number of anilines is 1. The van der Waals surface area contributed by atoms with E-state index in [1.807, 2.05) is 12.1 Å². The molecule has 18 heavy (non-hydrogen) atoms. The number of halogens is 1. The monoisotopic (exact) mass is 327 g/mol. The Morgan fingerprint density at radius 1 is 1.28 bits per heavy atom. The molecular formula is C13H18BrN3S. The molecule has 0 spiro atoms. The minimum atomic E-state index is 0.468. The van der Waals surface area contributed by atoms with Crippen molar-refractivity contribution in [3.63, 3.8) is 0 Å². The number of thiocarbonyl (C=S) groups is 1. The molecule has 0 aromatic heterocycles. The summed E-state index contributed by atoms with van der Waals surface area (Å²) in [7, 11) is 2.17. The van der Waals surface area contributed by atoms with Gasteiger partial charge in [0.25, 0.3) is 0 Å². The highest BCUT2D eigenvalue weighted by atomic mass is 79.9. The molecule has 0 amide bonds. The zero-order valence-corrected chi connectivity index (χ0v) is 12.9. The number of hydrogen-bond acceptors (Lipinski definition) is 3. The molecule has 0 unspecified atom stereocenters. The molecule has 1 fully saturated rings. The van der Waals surface area contributed by atoms with Crippen LogP contribution in [0.3, 0.4) is 0 Å². The second-order valence-electron chi connectivity index (χ2n) is 4.67. The molecule has 2 rings (SSSR count). The summed E-state index contributed by atoms with van der Waals surface area (Å²) in [4.78, 5) is 5.20. The Morgan fingerprint density at radius 3 is 2.78 bits per heavy atom. The van der Waals surface area contributed by atoms with Crippen molar-refractivity contribution in [2.45, 2.75) is 6.42 Å². The Bertz CT molecular complexity index is 450. The van der Waals surface area contributed by atoms with Crippen LogP contribution < -0.4 is 10.6 Å². The lowest BCUT2D eigenvalue weighted by atomic mass is 10.1. The van der Waals surface area contributed by atoms with Crippen molar-refractivity contribution in [1.82, 2.24) is 4.90 Å². The van der Waals surface area contributed by atoms with E-state index in [1.54, 1.807) is 0 Å². The molecule has 0 atom stereocenters. The van der Waals surface area contributed by atoms with E-state index in [2.05, 4.69) is 38.8 Å². The van der Waals surface area contributed by atoms with E-state index in [9.17, 15) is 0 Å². The third-order valence-electron chi connectivity index (χ3n) is 3.29. The normalized spacial score (nSPS) is 17.6. The van der Waals surface area contributed by atoms with Crippen molar-refractivity contribution >= 4 is 38.8 Å². The lowest BCUT2D eigenvalue weighted by Gasteiger charge is -2.25. The van der Waals surface area contributed by atoms with Gasteiger partial charge in [-0.1, -0.05) is 28.1 Å². The van der Waals surface area contributed by atoms with Crippen LogP contribution >= 0.6 is 28.1 Å². The van der Waals surface area contributed by atoms with Gasteiger partial charge < -0.3 is 15.5 Å². The van der Waals surface area contributed by atoms with Gasteiger partial charge in [0.2, 0.25) is 0 Å². The van der Waals surface area contributed by atoms with Gasteiger partial charge in [0, 0.05) is 35.4 Å². The fourth-order valence-corrected chi connectivity index (χ4v) is 2.78. The van der Waals surface area contributed by atoms with Crippen LogP contribution in [0.1, 0.15) is 12.0 Å². The molecule has 2 N–H and O–H groups in total. The van der Waals surface area contributed by atoms with Gasteiger partial charge in [-0.2, -0.15) is 0 Å². The first kappa shape index (κ1) is 13.8. The van der Waals surface area contributed by atoms with E-state index in [1.165, 1.54) is 6.42 Å². The highest BCUT2D eigenvalue weighted by molar-refractivity contribution is 9.10. The summed E-state index contributed by atoms with van der Waals surface area (Å²) in [5, 5.41) is 0. The fourth-order valence-electron chi connectivity index (χ4n) is 2.26. The summed E-state index contributed by atoms with van der Waals surface area (Å²) in [5.41, 5.74) is 7.93. The first-order valence-electron chi connectivity index (χ1n) is 6.11. The highest BCUT2D eigenvalue weighted by Gasteiger charge is 2.16. The van der Waals surface area contributed by atoms with Gasteiger partial charge in [0.1, 0.15) is 4.99 Å². The van der Waals surface area contributed by atoms with Gasteiger partial charge in [-0.25, -0.2) is 0 Å². The molecule has 98 valence electrons. The Kier molecular flexibility index (Phi) is 4.59. The van der Waals surface area contributed by atoms with Gasteiger partial charge in [0.15, 0.2) is 0 Å². The first-order chi connectivity index (χ1) is 8.58. The van der Waals surface area contributed by atoms with Gasteiger partial charge in [-0.3, -0.25) is 0 Å². The molecule has 3 nitrogen and oxygen atoms in total. The highest BCUT2D eigenvalue weighted by Crippen LogP contribution is 2.26. The van der Waals surface area contributed by atoms with E-state index < -0.39 is 0 Å². The molecule has 1 saturated heterocycles. The van der Waals surface area contributed by atoms with Gasteiger partial charge >= 0.3 is 0 Å². The minimum Gasteiger partial charge on any atom is -0.389 e. The second-order valence-corrected chi connectivity index (χ2v) is 6.03. The van der Waals surface area contributed by atoms with Crippen LogP contribution in [0.2, 0.25) is 0 Å². The number of nitrogens with zero attached hydrogens (tertiary/aromatic N) is 2. The SMILES string of the molecule is CN1CCCN(c2cc(Br)ccc2C(N)=S)CC1. The Balaban J connectivity index is 2.30. The summed E-state index contributed by atoms with van der Waals surface area (Å²) in [6, 6.07) is 6.10. The maximum Gasteiger partial charge on any atom is 0.106 e. The van der Waals surface area contributed by atoms with Crippen molar-refractivity contribution in [2.75, 3.05) is 38.1 Å². The predicted octanol–water partition coefficient (Wildman–Crippen LogP) is 2.23. The van der Waals surface area contributed by atoms with Crippen molar-refractivity contribution < 1.29 is 0 Å². The van der Waals surface area contributed by atoms with Crippen molar-refractivity contribution in [2.24, 2.45) is 5.73 Å². The Morgan fingerprint density at radius 2 is 2.06 bits per heavy atom. The number of nitrogens with two attached hydrogens (primary N) is 1. The fraction of sp³-hybridized carbons (Fsp3) is 0.462. The molecule has 0 aliphatic carbocycles. The maximum absolute atomic E-state index is 5.82. The van der Waals surface area contributed by atoms with Crippen LogP contribution in [0.4, 0.5) is 5.69 Å². The lowest BCUT2D eigenvalue weighted by molar-refractivity contribution is 0.360. The zero-order valence-electron chi connectivity index (χ0n) is 10.5. The number of rotatable bonds is 2. The third kappa shape index (κ3) is 3.22. The van der Waals surface area contributed by atoms with Crippen LogP contribution in [0.25, 0.3) is 0 Å². The third-order valence-corrected chi connectivity index (χ3v) is 4.00. The van der Waals surface area contributed by atoms with Crippen LogP contribution in [-0.4, -0.2) is 43.1 Å². The quantitative estimate of drug-likeness (QED) is 0.844. The summed E-state index contributed by atoms with van der Waals surface area (Å²) in [6.07, 6.45) is 1.17. The molecular weight excluding hydrogens is 310 g/mol. The molecule has 1 aromatic carbocycles. The summed E-state index contributed by atoms with van der Waals surface area (Å²) in [6.45, 7) is 4.29. The molecule has 1 aliphatic rings. The number of hydrogen-bond donors (Lipinski definition) is 1. The van der Waals surface area contributed by atoms with Crippen molar-refractivity contribution in [3.8, 4) is 0 Å². The lowest BCUT2D eigenvalue weighted by Crippen LogP contribution is -2.30. The smallest absolute Gasteiger partial charge is 0.106 e. The average molecular weight is 328 g/mol. The summed E-state index contributed by atoms with van der Waals surface area (Å²) in [5.74, 6) is 0. The van der Waals surface area contributed by atoms with Crippen molar-refractivity contribution in [3.05, 3.63) is 28.2 Å². The van der Waals surface area contributed by atoms with E-state index in [4.69, 9.17) is 18.0 Å². The molecule has 1 aliphatic heterocycles. The van der Waals surface area contributed by atoms with E-state index in [0.717, 1.165) is 41.9 Å². The van der Waals surface area contributed by atoms with Crippen LogP contribution in [0.15, 0.2) is 22.7 Å². The molecule has 1 aromatic rings. The second kappa shape index (κ2) is 5.99. The van der Waals surface area contributed by atoms with E-state index in [0.29, 0.717) is 4.99 Å². The number of benzene rings is 1. The summed E-state index contributed by atoms with van der Waals surface area (Å²) >= 11 is 8.67. The maximum atomic E-state index is 5.82. The molecule has 0 radical (unpaired) electrons. The van der Waals surface area contributed by atoms with Gasteiger partial charge in [-0.05, 0) is 38.2 Å². The topological polar surface area (TPSA) is 32.5 Å². The first-order valence-corrected chi connectivity index (χ1v) is 7.31. The standard InChI is InChI=1S/C13H18BrN3S/c1-16-5-2-6-17(8-7-16)12-9-10(14)3-4-11(12)13(15)18/h3-4,9H,2,5-8H2,1H3,(H2,15,18). The van der Waals surface area contributed by atoms with Crippen LogP contribution in [0, 0.1) is 0 Å². The Labute approximate surface area is 122 Å². The minimum absolute atomic E-state index is 0.468. The number of likely N-dealkylation sites (N-methyl/N-ethyl adjacent to an activating group) is 1. The molecule has 5 heteroatoms. The van der Waals surface area contributed by atoms with Gasteiger partial charge in [-0.15, -0.1) is 0 Å². The van der Waals surface area contributed by atoms with Gasteiger partial charge in [0.05, 0.1) is 0 Å². The predicted molar refractivity (Wildman–Crippen MR) is 84.4 cm³/mol. The zero-order chi connectivity index (χ0) is 13.1. The average Bonchev–Trinajstić information content (AvgIpc) is 2.53. The molecule has 0 saturated carbocycles. The van der Waals surface area contributed by atoms with E-state index in [-0.39, 0.29) is 0 Å².